The first-order valence-corrected chi connectivity index (χ1v) is 7.48. The van der Waals surface area contributed by atoms with Gasteiger partial charge in [-0.15, -0.1) is 0 Å². The molecule has 1 N–H and O–H groups in total. The monoisotopic (exact) mass is 328 g/mol. The van der Waals surface area contributed by atoms with E-state index in [2.05, 4.69) is 15.9 Å². The molecule has 1 aromatic carbocycles. The zero-order valence-electron chi connectivity index (χ0n) is 11.7. The molecule has 0 heterocycles. The Morgan fingerprint density at radius 2 is 1.89 bits per heavy atom. The van der Waals surface area contributed by atoms with E-state index >= 15 is 0 Å². The van der Waals surface area contributed by atoms with Gasteiger partial charge in [0.2, 0.25) is 0 Å². The lowest BCUT2D eigenvalue weighted by Gasteiger charge is -2.26. The number of hydrogen-bond acceptors (Lipinski definition) is 3. The molecule has 1 saturated carbocycles. The van der Waals surface area contributed by atoms with Crippen LogP contribution in [0.25, 0.3) is 0 Å². The number of aliphatic hydroxyl groups is 1. The smallest absolute Gasteiger partial charge is 0.168 e. The zero-order chi connectivity index (χ0) is 14.0. The van der Waals surface area contributed by atoms with Gasteiger partial charge in [0.1, 0.15) is 0 Å². The van der Waals surface area contributed by atoms with Crippen molar-refractivity contribution in [1.29, 1.82) is 0 Å². The topological polar surface area (TPSA) is 38.7 Å². The van der Waals surface area contributed by atoms with Gasteiger partial charge < -0.3 is 14.6 Å². The van der Waals surface area contributed by atoms with Crippen LogP contribution in [0.5, 0.6) is 11.5 Å². The molecule has 0 aromatic heterocycles. The summed E-state index contributed by atoms with van der Waals surface area (Å²) >= 11 is 3.50. The molecule has 1 aromatic rings. The number of rotatable bonds is 4. The van der Waals surface area contributed by atoms with E-state index in [4.69, 9.17) is 9.47 Å². The summed E-state index contributed by atoms with van der Waals surface area (Å²) < 4.78 is 12.4. The highest BCUT2D eigenvalue weighted by Gasteiger charge is 2.29. The number of hydrogen-bond donors (Lipinski definition) is 1. The Labute approximate surface area is 123 Å². The van der Waals surface area contributed by atoms with E-state index in [-0.39, 0.29) is 6.10 Å². The van der Waals surface area contributed by atoms with Crippen molar-refractivity contribution in [2.75, 3.05) is 7.11 Å². The fourth-order valence-corrected chi connectivity index (χ4v) is 3.36. The fraction of sp³-hybridized carbons (Fsp3) is 0.600. The predicted molar refractivity (Wildman–Crippen MR) is 78.8 cm³/mol. The molecule has 3 nitrogen and oxygen atoms in total. The summed E-state index contributed by atoms with van der Waals surface area (Å²) in [5.74, 6) is 1.34. The van der Waals surface area contributed by atoms with Crippen molar-refractivity contribution in [2.24, 2.45) is 0 Å². The molecule has 0 spiro atoms. The number of halogens is 1. The second-order valence-corrected chi connectivity index (χ2v) is 6.39. The van der Waals surface area contributed by atoms with Crippen LogP contribution in [-0.4, -0.2) is 18.3 Å². The van der Waals surface area contributed by atoms with E-state index in [1.54, 1.807) is 21.0 Å². The van der Waals surface area contributed by atoms with Crippen LogP contribution in [0.4, 0.5) is 0 Å². The largest absolute Gasteiger partial charge is 0.493 e. The van der Waals surface area contributed by atoms with E-state index in [1.165, 1.54) is 12.8 Å². The van der Waals surface area contributed by atoms with Gasteiger partial charge in [-0.05, 0) is 51.7 Å². The molecule has 0 bridgehead atoms. The minimum absolute atomic E-state index is 0.226. The van der Waals surface area contributed by atoms with Crippen LogP contribution < -0.4 is 9.47 Å². The third-order valence-electron chi connectivity index (χ3n) is 3.49. The molecule has 2 rings (SSSR count). The number of benzene rings is 1. The molecule has 0 atom stereocenters. The number of methoxy groups -OCH3 is 1. The normalized spacial score (nSPS) is 16.7. The van der Waals surface area contributed by atoms with E-state index in [0.29, 0.717) is 11.5 Å². The Kier molecular flexibility index (Phi) is 4.41. The summed E-state index contributed by atoms with van der Waals surface area (Å²) in [6.07, 6.45) is 4.78. The van der Waals surface area contributed by atoms with Gasteiger partial charge in [-0.2, -0.15) is 0 Å². The van der Waals surface area contributed by atoms with Crippen LogP contribution >= 0.6 is 15.9 Å². The van der Waals surface area contributed by atoms with E-state index in [9.17, 15) is 5.11 Å². The van der Waals surface area contributed by atoms with E-state index in [0.717, 1.165) is 22.9 Å². The van der Waals surface area contributed by atoms with Crippen molar-refractivity contribution in [3.63, 3.8) is 0 Å². The zero-order valence-corrected chi connectivity index (χ0v) is 13.3. The average Bonchev–Trinajstić information content (AvgIpc) is 2.80. The highest BCUT2D eigenvalue weighted by Crippen LogP contribution is 2.43. The van der Waals surface area contributed by atoms with Crippen molar-refractivity contribution in [1.82, 2.24) is 0 Å². The van der Waals surface area contributed by atoms with Gasteiger partial charge in [-0.1, -0.05) is 15.9 Å². The van der Waals surface area contributed by atoms with Crippen LogP contribution in [0.3, 0.4) is 0 Å². The second kappa shape index (κ2) is 5.71. The van der Waals surface area contributed by atoms with E-state index in [1.807, 2.05) is 12.1 Å². The highest BCUT2D eigenvalue weighted by atomic mass is 79.9. The average molecular weight is 329 g/mol. The van der Waals surface area contributed by atoms with Crippen molar-refractivity contribution >= 4 is 15.9 Å². The van der Waals surface area contributed by atoms with Crippen molar-refractivity contribution in [3.8, 4) is 11.5 Å². The lowest BCUT2D eigenvalue weighted by molar-refractivity contribution is 0.0705. The Morgan fingerprint density at radius 1 is 1.26 bits per heavy atom. The van der Waals surface area contributed by atoms with Gasteiger partial charge >= 0.3 is 0 Å². The summed E-state index contributed by atoms with van der Waals surface area (Å²) in [5.41, 5.74) is -0.236. The standard InChI is InChI=1S/C15H21BrO3/c1-15(2,17)13-11(16)8-9-12(18-3)14(13)19-10-6-4-5-7-10/h8-10,17H,4-7H2,1-3H3. The third kappa shape index (κ3) is 3.23. The first kappa shape index (κ1) is 14.7. The summed E-state index contributed by atoms with van der Waals surface area (Å²) in [7, 11) is 1.62. The molecule has 4 heteroatoms. The molecule has 1 aliphatic carbocycles. The maximum absolute atomic E-state index is 10.4. The summed E-state index contributed by atoms with van der Waals surface area (Å²) in [5, 5.41) is 10.4. The van der Waals surface area contributed by atoms with Gasteiger partial charge in [0.05, 0.1) is 18.8 Å². The SMILES string of the molecule is COc1ccc(Br)c(C(C)(C)O)c1OC1CCCC1. The maximum atomic E-state index is 10.4. The summed E-state index contributed by atoms with van der Waals surface area (Å²) in [6.45, 7) is 3.52. The Balaban J connectivity index is 2.44. The molecular weight excluding hydrogens is 308 g/mol. The fourth-order valence-electron chi connectivity index (χ4n) is 2.56. The molecule has 106 valence electrons. The van der Waals surface area contributed by atoms with Crippen molar-refractivity contribution in [3.05, 3.63) is 22.2 Å². The number of ether oxygens (including phenoxy) is 2. The van der Waals surface area contributed by atoms with Crippen molar-refractivity contribution < 1.29 is 14.6 Å². The van der Waals surface area contributed by atoms with Gasteiger partial charge in [0.15, 0.2) is 11.5 Å². The minimum Gasteiger partial charge on any atom is -0.493 e. The van der Waals surface area contributed by atoms with Gasteiger partial charge in [-0.25, -0.2) is 0 Å². The van der Waals surface area contributed by atoms with Crippen LogP contribution in [-0.2, 0) is 5.60 Å². The Morgan fingerprint density at radius 3 is 2.42 bits per heavy atom. The molecule has 0 radical (unpaired) electrons. The molecule has 0 unspecified atom stereocenters. The summed E-state index contributed by atoms with van der Waals surface area (Å²) in [6, 6.07) is 3.75. The minimum atomic E-state index is -0.985. The quantitative estimate of drug-likeness (QED) is 0.907. The third-order valence-corrected chi connectivity index (χ3v) is 4.15. The first-order valence-electron chi connectivity index (χ1n) is 6.69. The van der Waals surface area contributed by atoms with E-state index < -0.39 is 5.60 Å². The van der Waals surface area contributed by atoms with Gasteiger partial charge in [0, 0.05) is 10.0 Å². The Bertz CT molecular complexity index is 445. The first-order chi connectivity index (χ1) is 8.93. The predicted octanol–water partition coefficient (Wildman–Crippen LogP) is 4.01. The molecule has 0 amide bonds. The molecule has 1 fully saturated rings. The maximum Gasteiger partial charge on any atom is 0.168 e. The molecule has 1 aliphatic rings. The Hall–Kier alpha value is -0.740. The lowest BCUT2D eigenvalue weighted by atomic mass is 9.97. The summed E-state index contributed by atoms with van der Waals surface area (Å²) in [4.78, 5) is 0. The molecule has 0 aliphatic heterocycles. The molecule has 19 heavy (non-hydrogen) atoms. The van der Waals surface area contributed by atoms with Crippen LogP contribution in [0, 0.1) is 0 Å². The van der Waals surface area contributed by atoms with Crippen LogP contribution in [0.15, 0.2) is 16.6 Å². The van der Waals surface area contributed by atoms with Crippen LogP contribution in [0.1, 0.15) is 45.1 Å². The van der Waals surface area contributed by atoms with Crippen LogP contribution in [0.2, 0.25) is 0 Å². The van der Waals surface area contributed by atoms with Crippen molar-refractivity contribution in [2.45, 2.75) is 51.2 Å². The molecular formula is C15H21BrO3. The molecule has 0 saturated heterocycles. The van der Waals surface area contributed by atoms with Gasteiger partial charge in [0.25, 0.3) is 0 Å². The highest BCUT2D eigenvalue weighted by molar-refractivity contribution is 9.10. The second-order valence-electron chi connectivity index (χ2n) is 5.54. The lowest BCUT2D eigenvalue weighted by Crippen LogP contribution is -2.21. The van der Waals surface area contributed by atoms with Gasteiger partial charge in [-0.3, -0.25) is 0 Å².